The quantitative estimate of drug-likeness (QED) is 0.626. The third-order valence-corrected chi connectivity index (χ3v) is 1.80. The van der Waals surface area contributed by atoms with Crippen LogP contribution in [-0.4, -0.2) is 41.9 Å². The van der Waals surface area contributed by atoms with E-state index in [1.54, 1.807) is 11.8 Å². The maximum absolute atomic E-state index is 11.0. The predicted molar refractivity (Wildman–Crippen MR) is 39.2 cm³/mol. The zero-order chi connectivity index (χ0) is 8.27. The molecular formula is C7H13NO3. The smallest absolute Gasteiger partial charge is 0.410 e. The van der Waals surface area contributed by atoms with Gasteiger partial charge in [0.2, 0.25) is 0 Å². The van der Waals surface area contributed by atoms with Gasteiger partial charge in [-0.15, -0.1) is 0 Å². The van der Waals surface area contributed by atoms with Gasteiger partial charge in [-0.1, -0.05) is 0 Å². The van der Waals surface area contributed by atoms with Crippen molar-refractivity contribution in [2.24, 2.45) is 0 Å². The number of amides is 1. The summed E-state index contributed by atoms with van der Waals surface area (Å²) < 4.78 is 4.79. The summed E-state index contributed by atoms with van der Waals surface area (Å²) in [5.41, 5.74) is 0. The SMILES string of the molecule is C[C@@H](CO)N1CCCOC1=O. The lowest BCUT2D eigenvalue weighted by atomic mass is 10.3. The Morgan fingerprint density at radius 2 is 2.55 bits per heavy atom. The fourth-order valence-electron chi connectivity index (χ4n) is 1.07. The highest BCUT2D eigenvalue weighted by Gasteiger charge is 2.23. The number of hydrogen-bond acceptors (Lipinski definition) is 3. The number of rotatable bonds is 2. The van der Waals surface area contributed by atoms with Gasteiger partial charge in [-0.25, -0.2) is 4.79 Å². The molecule has 1 rings (SSSR count). The summed E-state index contributed by atoms with van der Waals surface area (Å²) in [4.78, 5) is 12.5. The summed E-state index contributed by atoms with van der Waals surface area (Å²) >= 11 is 0. The van der Waals surface area contributed by atoms with Gasteiger partial charge in [-0.05, 0) is 13.3 Å². The molecule has 4 heteroatoms. The van der Waals surface area contributed by atoms with Gasteiger partial charge in [0.05, 0.1) is 19.3 Å². The van der Waals surface area contributed by atoms with Crippen molar-refractivity contribution in [3.8, 4) is 0 Å². The van der Waals surface area contributed by atoms with Crippen LogP contribution in [0.15, 0.2) is 0 Å². The molecule has 0 aliphatic carbocycles. The Balaban J connectivity index is 2.47. The minimum absolute atomic E-state index is 0.00486. The molecule has 0 aromatic rings. The van der Waals surface area contributed by atoms with Crippen LogP contribution in [0.1, 0.15) is 13.3 Å². The first kappa shape index (κ1) is 8.33. The van der Waals surface area contributed by atoms with E-state index in [0.717, 1.165) is 6.42 Å². The van der Waals surface area contributed by atoms with E-state index in [1.807, 2.05) is 0 Å². The molecule has 0 radical (unpaired) electrons. The van der Waals surface area contributed by atoms with Crippen molar-refractivity contribution in [3.05, 3.63) is 0 Å². The molecule has 11 heavy (non-hydrogen) atoms. The number of aliphatic hydroxyl groups excluding tert-OH is 1. The Morgan fingerprint density at radius 1 is 1.82 bits per heavy atom. The van der Waals surface area contributed by atoms with Crippen LogP contribution in [0.25, 0.3) is 0 Å². The number of hydrogen-bond donors (Lipinski definition) is 1. The van der Waals surface area contributed by atoms with Gasteiger partial charge in [0.15, 0.2) is 0 Å². The number of carbonyl (C=O) groups excluding carboxylic acids is 1. The number of ether oxygens (including phenoxy) is 1. The first-order valence-electron chi connectivity index (χ1n) is 3.80. The van der Waals surface area contributed by atoms with Crippen LogP contribution in [0, 0.1) is 0 Å². The van der Waals surface area contributed by atoms with Crippen molar-refractivity contribution < 1.29 is 14.6 Å². The average molecular weight is 159 g/mol. The van der Waals surface area contributed by atoms with Crippen molar-refractivity contribution in [3.63, 3.8) is 0 Å². The predicted octanol–water partition coefficient (Wildman–Crippen LogP) is 0.210. The third-order valence-electron chi connectivity index (χ3n) is 1.80. The standard InChI is InChI=1S/C7H13NO3/c1-6(5-9)8-3-2-4-11-7(8)10/h6,9H,2-5H2,1H3/t6-/m0/s1. The van der Waals surface area contributed by atoms with Crippen LogP contribution >= 0.6 is 0 Å². The van der Waals surface area contributed by atoms with Crippen molar-refractivity contribution in [1.29, 1.82) is 0 Å². The number of nitrogens with zero attached hydrogens (tertiary/aromatic N) is 1. The lowest BCUT2D eigenvalue weighted by Gasteiger charge is -2.30. The zero-order valence-electron chi connectivity index (χ0n) is 6.62. The Kier molecular flexibility index (Phi) is 2.70. The molecule has 1 saturated heterocycles. The maximum Gasteiger partial charge on any atom is 0.410 e. The highest BCUT2D eigenvalue weighted by molar-refractivity contribution is 5.68. The summed E-state index contributed by atoms with van der Waals surface area (Å²) in [6.45, 7) is 3.00. The summed E-state index contributed by atoms with van der Waals surface area (Å²) in [7, 11) is 0. The minimum Gasteiger partial charge on any atom is -0.449 e. The second-order valence-corrected chi connectivity index (χ2v) is 2.69. The van der Waals surface area contributed by atoms with Crippen LogP contribution in [0.5, 0.6) is 0 Å². The van der Waals surface area contributed by atoms with Crippen molar-refractivity contribution >= 4 is 6.09 Å². The van der Waals surface area contributed by atoms with Crippen LogP contribution in [0.4, 0.5) is 4.79 Å². The molecule has 0 saturated carbocycles. The molecular weight excluding hydrogens is 146 g/mol. The molecule has 0 bridgehead atoms. The van der Waals surface area contributed by atoms with Gasteiger partial charge in [0.25, 0.3) is 0 Å². The van der Waals surface area contributed by atoms with Crippen molar-refractivity contribution in [2.75, 3.05) is 19.8 Å². The monoisotopic (exact) mass is 159 g/mol. The first-order valence-corrected chi connectivity index (χ1v) is 3.80. The number of cyclic esters (lactones) is 1. The van der Waals surface area contributed by atoms with E-state index in [1.165, 1.54) is 0 Å². The van der Waals surface area contributed by atoms with Gasteiger partial charge in [0.1, 0.15) is 0 Å². The maximum atomic E-state index is 11.0. The van der Waals surface area contributed by atoms with E-state index in [4.69, 9.17) is 9.84 Å². The molecule has 1 fully saturated rings. The molecule has 0 unspecified atom stereocenters. The average Bonchev–Trinajstić information content (AvgIpc) is 2.04. The van der Waals surface area contributed by atoms with Crippen molar-refractivity contribution in [2.45, 2.75) is 19.4 Å². The summed E-state index contributed by atoms with van der Waals surface area (Å²) in [5, 5.41) is 8.76. The van der Waals surface area contributed by atoms with Gasteiger partial charge >= 0.3 is 6.09 Å². The Hall–Kier alpha value is -0.770. The summed E-state index contributed by atoms with van der Waals surface area (Å²) in [6, 6.07) is -0.122. The molecule has 1 N–H and O–H groups in total. The van der Waals surface area contributed by atoms with Crippen LogP contribution in [-0.2, 0) is 4.74 Å². The van der Waals surface area contributed by atoms with E-state index in [-0.39, 0.29) is 18.7 Å². The Morgan fingerprint density at radius 3 is 3.09 bits per heavy atom. The topological polar surface area (TPSA) is 49.8 Å². The number of carbonyl (C=O) groups is 1. The molecule has 4 nitrogen and oxygen atoms in total. The summed E-state index contributed by atoms with van der Waals surface area (Å²) in [5.74, 6) is 0. The lowest BCUT2D eigenvalue weighted by Crippen LogP contribution is -2.44. The molecule has 0 aromatic carbocycles. The summed E-state index contributed by atoms with van der Waals surface area (Å²) in [6.07, 6.45) is 0.550. The Bertz CT molecular complexity index is 149. The van der Waals surface area contributed by atoms with Gasteiger partial charge in [-0.2, -0.15) is 0 Å². The highest BCUT2D eigenvalue weighted by atomic mass is 16.6. The normalized spacial score (nSPS) is 21.3. The van der Waals surface area contributed by atoms with E-state index in [0.29, 0.717) is 13.2 Å². The van der Waals surface area contributed by atoms with E-state index in [2.05, 4.69) is 0 Å². The van der Waals surface area contributed by atoms with E-state index < -0.39 is 0 Å². The largest absolute Gasteiger partial charge is 0.449 e. The lowest BCUT2D eigenvalue weighted by molar-refractivity contribution is 0.0450. The molecule has 1 aliphatic heterocycles. The van der Waals surface area contributed by atoms with E-state index >= 15 is 0 Å². The van der Waals surface area contributed by atoms with Crippen LogP contribution in [0.3, 0.4) is 0 Å². The van der Waals surface area contributed by atoms with Crippen molar-refractivity contribution in [1.82, 2.24) is 4.90 Å². The molecule has 1 atom stereocenters. The molecule has 0 aromatic heterocycles. The van der Waals surface area contributed by atoms with Gasteiger partial charge in [-0.3, -0.25) is 0 Å². The van der Waals surface area contributed by atoms with Gasteiger partial charge in [0, 0.05) is 6.54 Å². The molecule has 64 valence electrons. The fourth-order valence-corrected chi connectivity index (χ4v) is 1.07. The highest BCUT2D eigenvalue weighted by Crippen LogP contribution is 2.08. The van der Waals surface area contributed by atoms with Crippen LogP contribution in [0.2, 0.25) is 0 Å². The first-order chi connectivity index (χ1) is 5.25. The van der Waals surface area contributed by atoms with Gasteiger partial charge < -0.3 is 14.7 Å². The van der Waals surface area contributed by atoms with Crippen LogP contribution < -0.4 is 0 Å². The Labute approximate surface area is 65.8 Å². The second-order valence-electron chi connectivity index (χ2n) is 2.69. The molecule has 1 aliphatic rings. The minimum atomic E-state index is -0.308. The third kappa shape index (κ3) is 1.83. The molecule has 1 amide bonds. The number of aliphatic hydroxyl groups is 1. The molecule has 0 spiro atoms. The second kappa shape index (κ2) is 3.57. The zero-order valence-corrected chi connectivity index (χ0v) is 6.62. The van der Waals surface area contributed by atoms with E-state index in [9.17, 15) is 4.79 Å². The fraction of sp³-hybridized carbons (Fsp3) is 0.857. The molecule has 1 heterocycles.